The SMILES string of the molecule is O=C(NCc1ccc(-c2ccccc2)cc1)OCc1ccc(CCC(F)(F)C(F)(F)C(F)(F)F)cc1. The fourth-order valence-corrected chi connectivity index (χ4v) is 3.29. The predicted octanol–water partition coefficient (Wildman–Crippen LogP) is 7.55. The quantitative estimate of drug-likeness (QED) is 0.300. The molecule has 0 aromatic heterocycles. The molecule has 0 fully saturated rings. The van der Waals surface area contributed by atoms with E-state index >= 15 is 0 Å². The van der Waals surface area contributed by atoms with Gasteiger partial charge in [-0.1, -0.05) is 78.9 Å². The van der Waals surface area contributed by atoms with Crippen molar-refractivity contribution >= 4 is 6.09 Å². The molecule has 0 radical (unpaired) electrons. The minimum Gasteiger partial charge on any atom is -0.445 e. The number of carbonyl (C=O) groups is 1. The van der Waals surface area contributed by atoms with Crippen LogP contribution in [0.1, 0.15) is 23.1 Å². The Morgan fingerprint density at radius 1 is 0.694 bits per heavy atom. The Morgan fingerprint density at radius 3 is 1.81 bits per heavy atom. The number of ether oxygens (including phenoxy) is 1. The number of hydrogen-bond donors (Lipinski definition) is 1. The zero-order valence-corrected chi connectivity index (χ0v) is 18.8. The molecule has 10 heteroatoms. The van der Waals surface area contributed by atoms with Crippen molar-refractivity contribution in [1.82, 2.24) is 5.32 Å². The number of rotatable bonds is 9. The van der Waals surface area contributed by atoms with E-state index in [9.17, 15) is 35.5 Å². The summed E-state index contributed by atoms with van der Waals surface area (Å²) in [5.41, 5.74) is 3.57. The van der Waals surface area contributed by atoms with Crippen molar-refractivity contribution < 1.29 is 40.3 Å². The average molecular weight is 513 g/mol. The second-order valence-corrected chi connectivity index (χ2v) is 8.09. The van der Waals surface area contributed by atoms with E-state index in [0.29, 0.717) is 5.56 Å². The molecular weight excluding hydrogens is 491 g/mol. The van der Waals surface area contributed by atoms with Gasteiger partial charge in [-0.25, -0.2) is 4.79 Å². The molecular formula is C26H22F7NO2. The van der Waals surface area contributed by atoms with Crippen LogP contribution in [-0.2, 0) is 24.3 Å². The molecule has 0 heterocycles. The Kier molecular flexibility index (Phi) is 8.27. The van der Waals surface area contributed by atoms with Crippen molar-refractivity contribution in [1.29, 1.82) is 0 Å². The molecule has 3 rings (SSSR count). The molecule has 192 valence electrons. The van der Waals surface area contributed by atoms with E-state index in [-0.39, 0.29) is 18.7 Å². The Hall–Kier alpha value is -3.56. The van der Waals surface area contributed by atoms with Gasteiger partial charge in [0.25, 0.3) is 0 Å². The monoisotopic (exact) mass is 513 g/mol. The second-order valence-electron chi connectivity index (χ2n) is 8.09. The van der Waals surface area contributed by atoms with Crippen molar-refractivity contribution in [2.75, 3.05) is 0 Å². The van der Waals surface area contributed by atoms with Gasteiger partial charge in [0.2, 0.25) is 0 Å². The highest BCUT2D eigenvalue weighted by molar-refractivity contribution is 5.67. The first-order valence-corrected chi connectivity index (χ1v) is 10.8. The summed E-state index contributed by atoms with van der Waals surface area (Å²) in [6.45, 7) is 0.0744. The van der Waals surface area contributed by atoms with Gasteiger partial charge in [-0.2, -0.15) is 30.7 Å². The van der Waals surface area contributed by atoms with Crippen LogP contribution in [-0.4, -0.2) is 24.1 Å². The molecule has 3 aromatic rings. The molecule has 3 aromatic carbocycles. The van der Waals surface area contributed by atoms with E-state index in [1.807, 2.05) is 54.6 Å². The van der Waals surface area contributed by atoms with Crippen LogP contribution < -0.4 is 5.32 Å². The number of nitrogens with one attached hydrogen (secondary N) is 1. The number of hydrogen-bond acceptors (Lipinski definition) is 2. The lowest BCUT2D eigenvalue weighted by Crippen LogP contribution is -2.52. The van der Waals surface area contributed by atoms with E-state index in [1.165, 1.54) is 24.3 Å². The summed E-state index contributed by atoms with van der Waals surface area (Å²) in [6, 6.07) is 22.8. The molecule has 0 saturated heterocycles. The van der Waals surface area contributed by atoms with Crippen molar-refractivity contribution in [2.24, 2.45) is 0 Å². The summed E-state index contributed by atoms with van der Waals surface area (Å²) >= 11 is 0. The lowest BCUT2D eigenvalue weighted by Gasteiger charge is -2.28. The van der Waals surface area contributed by atoms with E-state index in [1.54, 1.807) is 0 Å². The topological polar surface area (TPSA) is 38.3 Å². The molecule has 0 aliphatic heterocycles. The van der Waals surface area contributed by atoms with Crippen LogP contribution in [0.4, 0.5) is 35.5 Å². The normalized spacial score (nSPS) is 12.3. The zero-order valence-electron chi connectivity index (χ0n) is 18.8. The van der Waals surface area contributed by atoms with Crippen LogP contribution in [0.5, 0.6) is 0 Å². The number of aryl methyl sites for hydroxylation is 1. The minimum atomic E-state index is -6.34. The Bertz CT molecular complexity index is 1130. The molecule has 0 unspecified atom stereocenters. The van der Waals surface area contributed by atoms with Crippen molar-refractivity contribution in [3.63, 3.8) is 0 Å². The third-order valence-corrected chi connectivity index (χ3v) is 5.43. The van der Waals surface area contributed by atoms with Crippen molar-refractivity contribution in [2.45, 2.75) is 44.0 Å². The first-order chi connectivity index (χ1) is 16.9. The maximum atomic E-state index is 13.4. The first kappa shape index (κ1) is 27.0. The lowest BCUT2D eigenvalue weighted by molar-refractivity contribution is -0.355. The molecule has 0 aliphatic carbocycles. The second kappa shape index (κ2) is 11.0. The maximum absolute atomic E-state index is 13.4. The number of carbonyl (C=O) groups excluding carboxylic acids is 1. The van der Waals surface area contributed by atoms with Gasteiger partial charge in [0.15, 0.2) is 0 Å². The fourth-order valence-electron chi connectivity index (χ4n) is 3.29. The fraction of sp³-hybridized carbons (Fsp3) is 0.269. The van der Waals surface area contributed by atoms with Gasteiger partial charge >= 0.3 is 24.1 Å². The maximum Gasteiger partial charge on any atom is 0.459 e. The third kappa shape index (κ3) is 6.77. The molecule has 1 N–H and O–H groups in total. The van der Waals surface area contributed by atoms with Crippen LogP contribution in [0.25, 0.3) is 11.1 Å². The van der Waals surface area contributed by atoms with Crippen molar-refractivity contribution in [3.05, 3.63) is 95.6 Å². The highest BCUT2D eigenvalue weighted by Gasteiger charge is 2.72. The number of alkyl carbamates (subject to hydrolysis) is 1. The molecule has 0 aliphatic rings. The predicted molar refractivity (Wildman–Crippen MR) is 120 cm³/mol. The highest BCUT2D eigenvalue weighted by atomic mass is 19.4. The number of benzene rings is 3. The molecule has 1 amide bonds. The largest absolute Gasteiger partial charge is 0.459 e. The molecule has 0 saturated carbocycles. The molecule has 36 heavy (non-hydrogen) atoms. The summed E-state index contributed by atoms with van der Waals surface area (Å²) in [4.78, 5) is 12.0. The zero-order chi connectivity index (χ0) is 26.4. The molecule has 0 spiro atoms. The van der Waals surface area contributed by atoms with Crippen LogP contribution in [0, 0.1) is 0 Å². The summed E-state index contributed by atoms with van der Waals surface area (Å²) in [5, 5.41) is 2.60. The van der Waals surface area contributed by atoms with Crippen LogP contribution in [0.2, 0.25) is 0 Å². The Morgan fingerprint density at radius 2 is 1.22 bits per heavy atom. The van der Waals surface area contributed by atoms with Gasteiger partial charge in [0.05, 0.1) is 0 Å². The summed E-state index contributed by atoms with van der Waals surface area (Å²) in [5.74, 6) is -11.4. The number of alkyl halides is 7. The minimum absolute atomic E-state index is 0.139. The van der Waals surface area contributed by atoms with Crippen LogP contribution in [0.3, 0.4) is 0 Å². The smallest absolute Gasteiger partial charge is 0.445 e. The first-order valence-electron chi connectivity index (χ1n) is 10.8. The summed E-state index contributed by atoms with van der Waals surface area (Å²) < 4.78 is 94.5. The Balaban J connectivity index is 1.43. The number of amides is 1. The molecule has 3 nitrogen and oxygen atoms in total. The summed E-state index contributed by atoms with van der Waals surface area (Å²) in [7, 11) is 0. The van der Waals surface area contributed by atoms with Crippen LogP contribution in [0.15, 0.2) is 78.9 Å². The van der Waals surface area contributed by atoms with E-state index in [2.05, 4.69) is 5.32 Å². The highest BCUT2D eigenvalue weighted by Crippen LogP contribution is 2.48. The molecule has 0 bridgehead atoms. The van der Waals surface area contributed by atoms with Gasteiger partial charge in [-0.3, -0.25) is 0 Å². The lowest BCUT2D eigenvalue weighted by atomic mass is 10.0. The van der Waals surface area contributed by atoms with Gasteiger partial charge in [0.1, 0.15) is 6.61 Å². The van der Waals surface area contributed by atoms with Crippen molar-refractivity contribution in [3.8, 4) is 11.1 Å². The standard InChI is InChI=1S/C26H22F7NO2/c27-24(28,25(29,30)26(31,32)33)15-14-18-6-8-20(9-7-18)17-36-23(35)34-16-19-10-12-22(13-11-19)21-4-2-1-3-5-21/h1-13H,14-17H2,(H,34,35). The van der Waals surface area contributed by atoms with E-state index < -0.39 is 37.0 Å². The van der Waals surface area contributed by atoms with Gasteiger partial charge in [-0.05, 0) is 34.2 Å². The van der Waals surface area contributed by atoms with Gasteiger partial charge in [-0.15, -0.1) is 0 Å². The number of halogens is 7. The van der Waals surface area contributed by atoms with E-state index in [4.69, 9.17) is 4.74 Å². The average Bonchev–Trinajstić information content (AvgIpc) is 2.85. The van der Waals surface area contributed by atoms with E-state index in [0.717, 1.165) is 16.7 Å². The Labute approximate surface area is 202 Å². The summed E-state index contributed by atoms with van der Waals surface area (Å²) in [6.07, 6.45) is -9.41. The van der Waals surface area contributed by atoms with Gasteiger partial charge < -0.3 is 10.1 Å². The van der Waals surface area contributed by atoms with Crippen LogP contribution >= 0.6 is 0 Å². The van der Waals surface area contributed by atoms with Gasteiger partial charge in [0, 0.05) is 13.0 Å². The molecule has 0 atom stereocenters. The third-order valence-electron chi connectivity index (χ3n) is 5.43.